The predicted molar refractivity (Wildman–Crippen MR) is 86.4 cm³/mol. The highest BCUT2D eigenvalue weighted by molar-refractivity contribution is 5.76. The Morgan fingerprint density at radius 2 is 1.65 bits per heavy atom. The fourth-order valence-corrected chi connectivity index (χ4v) is 1.96. The molecule has 0 spiro atoms. The number of hydrogen-bond donors (Lipinski definition) is 2. The smallest absolute Gasteiger partial charge is 0.311 e. The molecule has 0 fully saturated rings. The van der Waals surface area contributed by atoms with E-state index in [-0.39, 0.29) is 30.3 Å². The van der Waals surface area contributed by atoms with Crippen LogP contribution in [0.5, 0.6) is 11.5 Å². The van der Waals surface area contributed by atoms with Crippen molar-refractivity contribution in [3.63, 3.8) is 0 Å². The van der Waals surface area contributed by atoms with Crippen LogP contribution in [0.25, 0.3) is 0 Å². The quantitative estimate of drug-likeness (QED) is 0.536. The van der Waals surface area contributed by atoms with E-state index in [2.05, 4.69) is 5.32 Å². The summed E-state index contributed by atoms with van der Waals surface area (Å²) in [4.78, 5) is 23.4. The minimum Gasteiger partial charge on any atom is -0.423 e. The van der Waals surface area contributed by atoms with Gasteiger partial charge in [-0.2, -0.15) is 0 Å². The van der Waals surface area contributed by atoms with Crippen LogP contribution in [0.2, 0.25) is 0 Å². The summed E-state index contributed by atoms with van der Waals surface area (Å²) >= 11 is 0. The lowest BCUT2D eigenvalue weighted by Gasteiger charge is -2.15. The number of likely N-dealkylation sites (N-methyl/N-ethyl adjacent to an activating group) is 1. The summed E-state index contributed by atoms with van der Waals surface area (Å²) in [6.07, 6.45) is 1.14. The average molecular weight is 323 g/mol. The second-order valence-corrected chi connectivity index (χ2v) is 5.23. The molecule has 6 heteroatoms. The van der Waals surface area contributed by atoms with E-state index in [0.717, 1.165) is 0 Å². The van der Waals surface area contributed by atoms with Crippen molar-refractivity contribution in [3.8, 4) is 11.5 Å². The second-order valence-electron chi connectivity index (χ2n) is 5.23. The van der Waals surface area contributed by atoms with E-state index in [1.54, 1.807) is 13.1 Å². The highest BCUT2D eigenvalue weighted by atomic mass is 16.6. The van der Waals surface area contributed by atoms with E-state index in [1.165, 1.54) is 12.1 Å². The molecule has 0 aliphatic heterocycles. The molecule has 0 saturated carbocycles. The molecule has 23 heavy (non-hydrogen) atoms. The molecular weight excluding hydrogens is 298 g/mol. The first-order valence-corrected chi connectivity index (χ1v) is 7.89. The van der Waals surface area contributed by atoms with E-state index < -0.39 is 12.1 Å². The van der Waals surface area contributed by atoms with Crippen LogP contribution in [0, 0.1) is 0 Å². The van der Waals surface area contributed by atoms with Crippen LogP contribution in [0.4, 0.5) is 0 Å². The number of carbonyl (C=O) groups excluding carboxylic acids is 2. The van der Waals surface area contributed by atoms with Crippen molar-refractivity contribution in [2.75, 3.05) is 13.6 Å². The number of carbonyl (C=O) groups is 2. The Labute approximate surface area is 136 Å². The van der Waals surface area contributed by atoms with Crippen molar-refractivity contribution in [2.24, 2.45) is 0 Å². The van der Waals surface area contributed by atoms with Crippen molar-refractivity contribution in [2.45, 2.75) is 45.6 Å². The summed E-state index contributed by atoms with van der Waals surface area (Å²) < 4.78 is 10.5. The van der Waals surface area contributed by atoms with Crippen LogP contribution < -0.4 is 14.8 Å². The monoisotopic (exact) mass is 323 g/mol. The zero-order valence-corrected chi connectivity index (χ0v) is 13.9. The Balaban J connectivity index is 3.02. The van der Waals surface area contributed by atoms with Gasteiger partial charge in [0.15, 0.2) is 11.5 Å². The Bertz CT molecular complexity index is 530. The molecule has 2 N–H and O–H groups in total. The van der Waals surface area contributed by atoms with Gasteiger partial charge in [0.05, 0.1) is 6.10 Å². The average Bonchev–Trinajstić information content (AvgIpc) is 2.49. The molecule has 0 aliphatic rings. The predicted octanol–water partition coefficient (Wildman–Crippen LogP) is 2.35. The molecule has 0 saturated heterocycles. The van der Waals surface area contributed by atoms with Crippen molar-refractivity contribution < 1.29 is 24.2 Å². The van der Waals surface area contributed by atoms with Crippen molar-refractivity contribution in [3.05, 3.63) is 23.8 Å². The van der Waals surface area contributed by atoms with Crippen LogP contribution in [0.1, 0.15) is 51.2 Å². The molecule has 0 heterocycles. The fraction of sp³-hybridized carbons (Fsp3) is 0.529. The van der Waals surface area contributed by atoms with E-state index >= 15 is 0 Å². The van der Waals surface area contributed by atoms with Gasteiger partial charge < -0.3 is 19.9 Å². The lowest BCUT2D eigenvalue weighted by Crippen LogP contribution is -2.17. The van der Waals surface area contributed by atoms with E-state index in [9.17, 15) is 14.7 Å². The fourth-order valence-electron chi connectivity index (χ4n) is 1.96. The molecule has 1 atom stereocenters. The molecular formula is C17H25NO5. The number of benzene rings is 1. The molecule has 1 rings (SSSR count). The van der Waals surface area contributed by atoms with Crippen molar-refractivity contribution in [1.29, 1.82) is 0 Å². The maximum absolute atomic E-state index is 11.7. The Morgan fingerprint density at radius 3 is 2.17 bits per heavy atom. The van der Waals surface area contributed by atoms with E-state index in [0.29, 0.717) is 24.9 Å². The largest absolute Gasteiger partial charge is 0.423 e. The molecule has 128 valence electrons. The summed E-state index contributed by atoms with van der Waals surface area (Å²) in [6.45, 7) is 4.11. The molecule has 1 aromatic carbocycles. The van der Waals surface area contributed by atoms with Gasteiger partial charge in [0.1, 0.15) is 0 Å². The molecule has 0 bridgehead atoms. The lowest BCUT2D eigenvalue weighted by molar-refractivity contribution is -0.137. The van der Waals surface area contributed by atoms with Crippen LogP contribution in [0.3, 0.4) is 0 Å². The standard InChI is InChI=1S/C17H25NO5/c1-4-6-16(20)22-14-9-8-12(13(19)11-18-3)10-15(14)23-17(21)7-5-2/h8-10,13,18-19H,4-7,11H2,1-3H3. The van der Waals surface area contributed by atoms with Gasteiger partial charge in [-0.05, 0) is 37.6 Å². The number of hydrogen-bond acceptors (Lipinski definition) is 6. The van der Waals surface area contributed by atoms with Gasteiger partial charge >= 0.3 is 11.9 Å². The number of aliphatic hydroxyl groups excluding tert-OH is 1. The van der Waals surface area contributed by atoms with Crippen LogP contribution >= 0.6 is 0 Å². The van der Waals surface area contributed by atoms with Gasteiger partial charge in [-0.1, -0.05) is 19.9 Å². The third-order valence-corrected chi connectivity index (χ3v) is 3.11. The maximum atomic E-state index is 11.7. The zero-order valence-electron chi connectivity index (χ0n) is 13.9. The molecule has 0 aromatic heterocycles. The van der Waals surface area contributed by atoms with Gasteiger partial charge in [0.2, 0.25) is 0 Å². The first-order valence-electron chi connectivity index (χ1n) is 7.89. The number of rotatable bonds is 9. The summed E-state index contributed by atoms with van der Waals surface area (Å²) in [6, 6.07) is 4.72. The Kier molecular flexibility index (Phi) is 8.29. The van der Waals surface area contributed by atoms with Gasteiger partial charge in [0.25, 0.3) is 0 Å². The lowest BCUT2D eigenvalue weighted by atomic mass is 10.1. The number of esters is 2. The van der Waals surface area contributed by atoms with Crippen LogP contribution in [-0.4, -0.2) is 30.6 Å². The van der Waals surface area contributed by atoms with E-state index in [1.807, 2.05) is 13.8 Å². The molecule has 1 unspecified atom stereocenters. The topological polar surface area (TPSA) is 84.9 Å². The SMILES string of the molecule is CCCC(=O)Oc1ccc(C(O)CNC)cc1OC(=O)CCC. The van der Waals surface area contributed by atoms with Crippen LogP contribution in [0.15, 0.2) is 18.2 Å². The minimum atomic E-state index is -0.746. The normalized spacial score (nSPS) is 11.8. The highest BCUT2D eigenvalue weighted by Gasteiger charge is 2.16. The number of ether oxygens (including phenoxy) is 2. The molecule has 6 nitrogen and oxygen atoms in total. The Hall–Kier alpha value is -1.92. The summed E-state index contributed by atoms with van der Waals surface area (Å²) in [5, 5.41) is 12.9. The Morgan fingerprint density at radius 1 is 1.09 bits per heavy atom. The minimum absolute atomic E-state index is 0.153. The zero-order chi connectivity index (χ0) is 17.2. The first kappa shape index (κ1) is 19.1. The third-order valence-electron chi connectivity index (χ3n) is 3.11. The molecule has 1 aromatic rings. The number of aliphatic hydroxyl groups is 1. The molecule has 0 amide bonds. The summed E-state index contributed by atoms with van der Waals surface area (Å²) in [5.41, 5.74) is 0.578. The third kappa shape index (κ3) is 6.38. The summed E-state index contributed by atoms with van der Waals surface area (Å²) in [7, 11) is 1.73. The highest BCUT2D eigenvalue weighted by Crippen LogP contribution is 2.31. The van der Waals surface area contributed by atoms with Gasteiger partial charge in [0, 0.05) is 19.4 Å². The van der Waals surface area contributed by atoms with Crippen molar-refractivity contribution in [1.82, 2.24) is 5.32 Å². The van der Waals surface area contributed by atoms with E-state index in [4.69, 9.17) is 9.47 Å². The maximum Gasteiger partial charge on any atom is 0.311 e. The van der Waals surface area contributed by atoms with Gasteiger partial charge in [-0.15, -0.1) is 0 Å². The van der Waals surface area contributed by atoms with Crippen molar-refractivity contribution >= 4 is 11.9 Å². The summed E-state index contributed by atoms with van der Waals surface area (Å²) in [5.74, 6) is -0.446. The first-order chi connectivity index (χ1) is 11.0. The van der Waals surface area contributed by atoms with Gasteiger partial charge in [-0.3, -0.25) is 9.59 Å². The second kappa shape index (κ2) is 9.97. The van der Waals surface area contributed by atoms with Crippen LogP contribution in [-0.2, 0) is 9.59 Å². The van der Waals surface area contributed by atoms with Gasteiger partial charge in [-0.25, -0.2) is 0 Å². The molecule has 0 radical (unpaired) electrons. The molecule has 0 aliphatic carbocycles. The number of nitrogens with one attached hydrogen (secondary N) is 1.